The number of hydrogen-bond acceptors (Lipinski definition) is 1. The van der Waals surface area contributed by atoms with Crippen LogP contribution in [0, 0.1) is 29.1 Å². The van der Waals surface area contributed by atoms with Crippen molar-refractivity contribution in [3.05, 3.63) is 35.4 Å². The molecule has 2 saturated carbocycles. The van der Waals surface area contributed by atoms with Gasteiger partial charge in [0.05, 0.1) is 11.6 Å². The molecule has 0 heterocycles. The standard InChI is InChI=1S/C24H35N/c1-2-3-19-4-6-20(7-5-19)8-9-21-10-14-23(15-11-21)24-16-12-22(18-25)13-17-24/h12-13,16-17,19-21,23H,2-11,14-15H2,1H3/t19-,20-,21-,23-. The SMILES string of the molecule is CCC[C@H]1CC[C@H](CC[C@H]2CC[C@H](c3ccc(C#N)cc3)CC2)CC1. The molecule has 1 heteroatoms. The molecule has 1 nitrogen and oxygen atoms in total. The second-order valence-electron chi connectivity index (χ2n) is 8.70. The van der Waals surface area contributed by atoms with Crippen LogP contribution in [0.3, 0.4) is 0 Å². The molecule has 1 aromatic carbocycles. The van der Waals surface area contributed by atoms with Crippen LogP contribution in [0.2, 0.25) is 0 Å². The quantitative estimate of drug-likeness (QED) is 0.537. The molecule has 2 aliphatic rings. The van der Waals surface area contributed by atoms with Gasteiger partial charge >= 0.3 is 0 Å². The molecule has 0 atom stereocenters. The molecule has 0 N–H and O–H groups in total. The Balaban J connectivity index is 1.36. The van der Waals surface area contributed by atoms with E-state index in [1.54, 1.807) is 0 Å². The lowest BCUT2D eigenvalue weighted by Crippen LogP contribution is -2.17. The van der Waals surface area contributed by atoms with Gasteiger partial charge in [-0.2, -0.15) is 5.26 Å². The van der Waals surface area contributed by atoms with Crippen molar-refractivity contribution in [3.8, 4) is 6.07 Å². The highest BCUT2D eigenvalue weighted by Crippen LogP contribution is 2.40. The van der Waals surface area contributed by atoms with E-state index in [0.29, 0.717) is 0 Å². The van der Waals surface area contributed by atoms with E-state index in [2.05, 4.69) is 25.1 Å². The first-order valence-electron chi connectivity index (χ1n) is 10.8. The fourth-order valence-electron chi connectivity index (χ4n) is 5.30. The summed E-state index contributed by atoms with van der Waals surface area (Å²) < 4.78 is 0. The van der Waals surface area contributed by atoms with Crippen LogP contribution in [0.25, 0.3) is 0 Å². The average molecular weight is 338 g/mol. The van der Waals surface area contributed by atoms with Crippen LogP contribution in [0.4, 0.5) is 0 Å². The van der Waals surface area contributed by atoms with Crippen LogP contribution in [-0.4, -0.2) is 0 Å². The zero-order valence-corrected chi connectivity index (χ0v) is 16.1. The highest BCUT2D eigenvalue weighted by Gasteiger charge is 2.25. The predicted molar refractivity (Wildman–Crippen MR) is 105 cm³/mol. The maximum Gasteiger partial charge on any atom is 0.0991 e. The molecule has 0 spiro atoms. The summed E-state index contributed by atoms with van der Waals surface area (Å²) in [6, 6.07) is 10.5. The number of rotatable bonds is 6. The van der Waals surface area contributed by atoms with E-state index in [-0.39, 0.29) is 0 Å². The van der Waals surface area contributed by atoms with Gasteiger partial charge in [0.1, 0.15) is 0 Å². The molecule has 0 aliphatic heterocycles. The Morgan fingerprint density at radius 1 is 0.760 bits per heavy atom. The van der Waals surface area contributed by atoms with Crippen molar-refractivity contribution in [1.82, 2.24) is 0 Å². The molecule has 25 heavy (non-hydrogen) atoms. The highest BCUT2D eigenvalue weighted by molar-refractivity contribution is 5.33. The molecule has 136 valence electrons. The minimum absolute atomic E-state index is 0.730. The number of benzene rings is 1. The van der Waals surface area contributed by atoms with Gasteiger partial charge in [0.25, 0.3) is 0 Å². The van der Waals surface area contributed by atoms with E-state index in [4.69, 9.17) is 5.26 Å². The Morgan fingerprint density at radius 3 is 1.72 bits per heavy atom. The number of hydrogen-bond donors (Lipinski definition) is 0. The normalized spacial score (nSPS) is 29.9. The van der Waals surface area contributed by atoms with Gasteiger partial charge in [-0.3, -0.25) is 0 Å². The van der Waals surface area contributed by atoms with Gasteiger partial charge in [-0.1, -0.05) is 70.4 Å². The molecule has 0 aromatic heterocycles. The first-order valence-corrected chi connectivity index (χ1v) is 10.8. The van der Waals surface area contributed by atoms with Crippen LogP contribution < -0.4 is 0 Å². The van der Waals surface area contributed by atoms with Gasteiger partial charge in [-0.25, -0.2) is 0 Å². The molecule has 2 fully saturated rings. The largest absolute Gasteiger partial charge is 0.192 e. The minimum atomic E-state index is 0.730. The molecular formula is C24H35N. The van der Waals surface area contributed by atoms with Gasteiger partial charge in [0.2, 0.25) is 0 Å². The van der Waals surface area contributed by atoms with E-state index in [1.165, 1.54) is 82.6 Å². The summed E-state index contributed by atoms with van der Waals surface area (Å²) in [4.78, 5) is 0. The zero-order chi connectivity index (χ0) is 17.5. The zero-order valence-electron chi connectivity index (χ0n) is 16.1. The minimum Gasteiger partial charge on any atom is -0.192 e. The molecule has 0 unspecified atom stereocenters. The molecule has 2 aliphatic carbocycles. The van der Waals surface area contributed by atoms with Crippen molar-refractivity contribution in [2.24, 2.45) is 17.8 Å². The van der Waals surface area contributed by atoms with Gasteiger partial charge in [0, 0.05) is 0 Å². The van der Waals surface area contributed by atoms with Crippen molar-refractivity contribution in [3.63, 3.8) is 0 Å². The molecular weight excluding hydrogens is 302 g/mol. The number of nitriles is 1. The Labute approximate surface area is 154 Å². The smallest absolute Gasteiger partial charge is 0.0991 e. The molecule has 3 rings (SSSR count). The van der Waals surface area contributed by atoms with Crippen molar-refractivity contribution in [2.45, 2.75) is 89.9 Å². The monoisotopic (exact) mass is 337 g/mol. The maximum absolute atomic E-state index is 8.93. The lowest BCUT2D eigenvalue weighted by atomic mass is 9.74. The summed E-state index contributed by atoms with van der Waals surface area (Å²) >= 11 is 0. The van der Waals surface area contributed by atoms with Gasteiger partial charge in [-0.05, 0) is 67.1 Å². The van der Waals surface area contributed by atoms with E-state index in [0.717, 1.165) is 29.2 Å². The molecule has 1 aromatic rings. The van der Waals surface area contributed by atoms with Gasteiger partial charge < -0.3 is 0 Å². The van der Waals surface area contributed by atoms with Gasteiger partial charge in [0.15, 0.2) is 0 Å². The van der Waals surface area contributed by atoms with Gasteiger partial charge in [-0.15, -0.1) is 0 Å². The summed E-state index contributed by atoms with van der Waals surface area (Å²) in [5.74, 6) is 3.78. The Kier molecular flexibility index (Phi) is 6.97. The Hall–Kier alpha value is -1.29. The molecule has 0 bridgehead atoms. The van der Waals surface area contributed by atoms with E-state index in [1.807, 2.05) is 12.1 Å². The predicted octanol–water partition coefficient (Wildman–Crippen LogP) is 7.22. The summed E-state index contributed by atoms with van der Waals surface area (Å²) in [6.45, 7) is 2.33. The van der Waals surface area contributed by atoms with Crippen LogP contribution in [0.1, 0.15) is 101 Å². The fraction of sp³-hybridized carbons (Fsp3) is 0.708. The molecule has 0 radical (unpaired) electrons. The highest BCUT2D eigenvalue weighted by atomic mass is 14.3. The van der Waals surface area contributed by atoms with E-state index < -0.39 is 0 Å². The van der Waals surface area contributed by atoms with Crippen LogP contribution in [0.15, 0.2) is 24.3 Å². The lowest BCUT2D eigenvalue weighted by Gasteiger charge is -2.32. The third-order valence-electron chi connectivity index (χ3n) is 7.00. The second-order valence-corrected chi connectivity index (χ2v) is 8.70. The van der Waals surface area contributed by atoms with Crippen molar-refractivity contribution in [2.75, 3.05) is 0 Å². The molecule has 0 amide bonds. The third-order valence-corrected chi connectivity index (χ3v) is 7.00. The van der Waals surface area contributed by atoms with Crippen molar-refractivity contribution in [1.29, 1.82) is 5.26 Å². The van der Waals surface area contributed by atoms with Crippen LogP contribution in [-0.2, 0) is 0 Å². The van der Waals surface area contributed by atoms with Crippen LogP contribution >= 0.6 is 0 Å². The summed E-state index contributed by atoms with van der Waals surface area (Å²) in [5, 5.41) is 8.93. The fourth-order valence-corrected chi connectivity index (χ4v) is 5.30. The second kappa shape index (κ2) is 9.42. The van der Waals surface area contributed by atoms with E-state index in [9.17, 15) is 0 Å². The first-order chi connectivity index (χ1) is 12.3. The molecule has 0 saturated heterocycles. The van der Waals surface area contributed by atoms with Crippen LogP contribution in [0.5, 0.6) is 0 Å². The summed E-state index contributed by atoms with van der Waals surface area (Å²) in [7, 11) is 0. The van der Waals surface area contributed by atoms with E-state index >= 15 is 0 Å². The lowest BCUT2D eigenvalue weighted by molar-refractivity contribution is 0.224. The number of nitrogens with zero attached hydrogens (tertiary/aromatic N) is 1. The topological polar surface area (TPSA) is 23.8 Å². The average Bonchev–Trinajstić information content (AvgIpc) is 2.68. The van der Waals surface area contributed by atoms with Crippen molar-refractivity contribution < 1.29 is 0 Å². The summed E-state index contributed by atoms with van der Waals surface area (Å²) in [6.07, 6.45) is 17.3. The maximum atomic E-state index is 8.93. The summed E-state index contributed by atoms with van der Waals surface area (Å²) in [5.41, 5.74) is 2.23. The van der Waals surface area contributed by atoms with Crippen molar-refractivity contribution >= 4 is 0 Å². The Morgan fingerprint density at radius 2 is 1.24 bits per heavy atom. The third kappa shape index (κ3) is 5.34. The Bertz CT molecular complexity index is 536. The first kappa shape index (κ1) is 18.5.